The Labute approximate surface area is 420 Å². The molecule has 0 aliphatic carbocycles. The molecule has 394 valence electrons. The summed E-state index contributed by atoms with van der Waals surface area (Å²) in [6, 6.07) is -0.883. The number of carbonyl (C=O) groups is 1. The van der Waals surface area contributed by atoms with Gasteiger partial charge in [-0.15, -0.1) is 0 Å². The quantitative estimate of drug-likeness (QED) is 0.0243. The van der Waals surface area contributed by atoms with Crippen molar-refractivity contribution in [2.75, 3.05) is 40.9 Å². The van der Waals surface area contributed by atoms with Gasteiger partial charge in [-0.05, 0) is 83.5 Å². The summed E-state index contributed by atoms with van der Waals surface area (Å²) in [6.07, 6.45) is 69.7. The summed E-state index contributed by atoms with van der Waals surface area (Å²) in [5.41, 5.74) is 0. The average Bonchev–Trinajstić information content (AvgIpc) is 3.30. The molecule has 0 saturated carbocycles. The van der Waals surface area contributed by atoms with Crippen molar-refractivity contribution in [3.63, 3.8) is 0 Å². The van der Waals surface area contributed by atoms with E-state index in [1.54, 1.807) is 6.08 Å². The van der Waals surface area contributed by atoms with Crippen LogP contribution in [0.15, 0.2) is 85.1 Å². The molecule has 3 atom stereocenters. The van der Waals surface area contributed by atoms with E-state index in [0.717, 1.165) is 83.5 Å². The van der Waals surface area contributed by atoms with Crippen LogP contribution in [-0.2, 0) is 18.4 Å². The lowest BCUT2D eigenvalue weighted by molar-refractivity contribution is -0.870. The number of carbonyl (C=O) groups excluding carboxylic acids is 1. The number of unbranched alkanes of at least 4 members (excludes halogenated alkanes) is 25. The van der Waals surface area contributed by atoms with Crippen LogP contribution in [0.4, 0.5) is 0 Å². The molecule has 68 heavy (non-hydrogen) atoms. The Morgan fingerprint density at radius 3 is 1.35 bits per heavy atom. The number of amides is 1. The topological polar surface area (TPSA) is 105 Å². The van der Waals surface area contributed by atoms with Crippen LogP contribution in [0.2, 0.25) is 0 Å². The third-order valence-corrected chi connectivity index (χ3v) is 13.1. The largest absolute Gasteiger partial charge is 0.472 e. The highest BCUT2D eigenvalue weighted by Crippen LogP contribution is 2.43. The van der Waals surface area contributed by atoms with Gasteiger partial charge in [0.05, 0.1) is 39.9 Å². The molecular formula is C59H108N2O6P+. The molecule has 0 spiro atoms. The smallest absolute Gasteiger partial charge is 0.387 e. The van der Waals surface area contributed by atoms with Crippen molar-refractivity contribution < 1.29 is 32.9 Å². The second-order valence-electron chi connectivity index (χ2n) is 19.9. The van der Waals surface area contributed by atoms with Gasteiger partial charge in [-0.3, -0.25) is 13.8 Å². The lowest BCUT2D eigenvalue weighted by Gasteiger charge is -2.25. The maximum Gasteiger partial charge on any atom is 0.472 e. The Balaban J connectivity index is 4.34. The summed E-state index contributed by atoms with van der Waals surface area (Å²) in [5, 5.41) is 13.9. The number of nitrogens with one attached hydrogen (secondary N) is 1. The summed E-state index contributed by atoms with van der Waals surface area (Å²) in [5.74, 6) is -0.207. The Kier molecular flexibility index (Phi) is 48.0. The number of hydrogen-bond acceptors (Lipinski definition) is 5. The molecule has 1 amide bonds. The zero-order valence-electron chi connectivity index (χ0n) is 44.8. The molecule has 0 aromatic heterocycles. The highest BCUT2D eigenvalue weighted by Gasteiger charge is 2.27. The number of rotatable bonds is 50. The molecule has 0 aliphatic rings. The van der Waals surface area contributed by atoms with E-state index in [-0.39, 0.29) is 19.1 Å². The van der Waals surface area contributed by atoms with Crippen molar-refractivity contribution in [3.05, 3.63) is 85.1 Å². The van der Waals surface area contributed by atoms with Crippen molar-refractivity contribution >= 4 is 13.7 Å². The third kappa shape index (κ3) is 51.5. The third-order valence-electron chi connectivity index (χ3n) is 12.1. The molecule has 0 aliphatic heterocycles. The zero-order chi connectivity index (χ0) is 49.9. The van der Waals surface area contributed by atoms with Gasteiger partial charge < -0.3 is 19.8 Å². The van der Waals surface area contributed by atoms with Crippen molar-refractivity contribution in [2.45, 2.75) is 244 Å². The van der Waals surface area contributed by atoms with Gasteiger partial charge in [0.15, 0.2) is 0 Å². The molecule has 0 rings (SSSR count). The summed E-state index contributed by atoms with van der Waals surface area (Å²) < 4.78 is 23.7. The Morgan fingerprint density at radius 2 is 0.897 bits per heavy atom. The Bertz CT molecular complexity index is 1380. The molecule has 8 nitrogen and oxygen atoms in total. The van der Waals surface area contributed by atoms with Crippen LogP contribution in [0.3, 0.4) is 0 Å². The first kappa shape index (κ1) is 65.7. The number of quaternary nitrogens is 1. The van der Waals surface area contributed by atoms with Gasteiger partial charge in [0.2, 0.25) is 5.91 Å². The molecule has 3 unspecified atom stereocenters. The SMILES string of the molecule is CC/C=C\C/C=C\C/C=C\C/C=C\CCCCCCCCC(=O)NC(COP(=O)(O)OCC[N+](C)(C)C)C(O)/C=C/CC/C=C/CC/C=C/CCCCCCCCCCCCCCCCCCC. The highest BCUT2D eigenvalue weighted by molar-refractivity contribution is 7.47. The van der Waals surface area contributed by atoms with Crippen molar-refractivity contribution in [1.29, 1.82) is 0 Å². The summed E-state index contributed by atoms with van der Waals surface area (Å²) >= 11 is 0. The minimum Gasteiger partial charge on any atom is -0.387 e. The predicted octanol–water partition coefficient (Wildman–Crippen LogP) is 16.9. The number of hydrogen-bond donors (Lipinski definition) is 3. The van der Waals surface area contributed by atoms with Crippen molar-refractivity contribution in [2.24, 2.45) is 0 Å². The zero-order valence-corrected chi connectivity index (χ0v) is 45.7. The summed E-state index contributed by atoms with van der Waals surface area (Å²) in [7, 11) is 1.53. The Hall–Kier alpha value is -2.32. The molecule has 0 aromatic carbocycles. The van der Waals surface area contributed by atoms with E-state index < -0.39 is 20.0 Å². The first-order valence-corrected chi connectivity index (χ1v) is 29.5. The molecule has 0 bridgehead atoms. The first-order chi connectivity index (χ1) is 33.0. The van der Waals surface area contributed by atoms with Gasteiger partial charge in [-0.2, -0.15) is 0 Å². The van der Waals surface area contributed by atoms with E-state index in [1.165, 1.54) is 128 Å². The second kappa shape index (κ2) is 49.7. The minimum atomic E-state index is -4.37. The molecule has 0 saturated heterocycles. The van der Waals surface area contributed by atoms with E-state index in [2.05, 4.69) is 92.1 Å². The second-order valence-corrected chi connectivity index (χ2v) is 21.4. The molecule has 0 aromatic rings. The monoisotopic (exact) mass is 972 g/mol. The van der Waals surface area contributed by atoms with Gasteiger partial charge in [0.25, 0.3) is 0 Å². The van der Waals surface area contributed by atoms with E-state index in [4.69, 9.17) is 9.05 Å². The standard InChI is InChI=1S/C59H107N2O6P/c1-6-8-10-12-14-16-18-20-22-24-26-27-28-29-30-31-32-33-35-36-38-40-42-44-46-48-50-52-58(62)57(56-67-68(64,65)66-55-54-61(3,4)5)60-59(63)53-51-49-47-45-43-41-39-37-34-25-23-21-19-17-15-13-11-9-7-2/h9,11,15,17,21,23,34-37,42,44,50,52,57-58,62H,6-8,10,12-14,16,18-20,22,24-33,38-41,43,45-49,51,53-56H2,1-5H3,(H-,60,63,64,65)/p+1/b11-9-,17-15-,23-21-,36-35+,37-34-,44-42+,52-50+. The summed E-state index contributed by atoms with van der Waals surface area (Å²) in [4.78, 5) is 23.3. The van der Waals surface area contributed by atoms with Crippen LogP contribution < -0.4 is 5.32 Å². The molecular weight excluding hydrogens is 864 g/mol. The molecule has 9 heteroatoms. The fourth-order valence-corrected chi connectivity index (χ4v) is 8.45. The lowest BCUT2D eigenvalue weighted by Crippen LogP contribution is -2.45. The number of likely N-dealkylation sites (N-methyl/N-ethyl adjacent to an activating group) is 1. The van der Waals surface area contributed by atoms with Crippen molar-refractivity contribution in [1.82, 2.24) is 5.32 Å². The number of aliphatic hydroxyl groups excluding tert-OH is 1. The molecule has 0 radical (unpaired) electrons. The number of phosphoric ester groups is 1. The number of phosphoric acid groups is 1. The van der Waals surface area contributed by atoms with Gasteiger partial charge in [-0.1, -0.05) is 227 Å². The Morgan fingerprint density at radius 1 is 0.515 bits per heavy atom. The number of allylic oxidation sites excluding steroid dienone is 13. The average molecular weight is 972 g/mol. The van der Waals surface area contributed by atoms with E-state index in [1.807, 2.05) is 27.2 Å². The number of nitrogens with zero attached hydrogens (tertiary/aromatic N) is 1. The lowest BCUT2D eigenvalue weighted by atomic mass is 10.0. The molecule has 0 fully saturated rings. The minimum absolute atomic E-state index is 0.0462. The van der Waals surface area contributed by atoms with Gasteiger partial charge in [0.1, 0.15) is 13.2 Å². The maximum absolute atomic E-state index is 12.9. The predicted molar refractivity (Wildman–Crippen MR) is 295 cm³/mol. The fraction of sp³-hybridized carbons (Fsp3) is 0.746. The number of aliphatic hydroxyl groups is 1. The van der Waals surface area contributed by atoms with Gasteiger partial charge >= 0.3 is 7.82 Å². The van der Waals surface area contributed by atoms with Crippen LogP contribution >= 0.6 is 7.82 Å². The van der Waals surface area contributed by atoms with Gasteiger partial charge in [-0.25, -0.2) is 4.57 Å². The molecule has 0 heterocycles. The van der Waals surface area contributed by atoms with E-state index in [9.17, 15) is 19.4 Å². The molecule has 3 N–H and O–H groups in total. The highest BCUT2D eigenvalue weighted by atomic mass is 31.2. The van der Waals surface area contributed by atoms with Crippen LogP contribution in [-0.4, -0.2) is 73.4 Å². The maximum atomic E-state index is 12.9. The van der Waals surface area contributed by atoms with Crippen LogP contribution in [0.5, 0.6) is 0 Å². The van der Waals surface area contributed by atoms with Crippen LogP contribution in [0, 0.1) is 0 Å². The van der Waals surface area contributed by atoms with E-state index >= 15 is 0 Å². The van der Waals surface area contributed by atoms with Gasteiger partial charge in [0, 0.05) is 6.42 Å². The van der Waals surface area contributed by atoms with Crippen LogP contribution in [0.25, 0.3) is 0 Å². The summed E-state index contributed by atoms with van der Waals surface area (Å²) in [6.45, 7) is 4.67. The first-order valence-electron chi connectivity index (χ1n) is 28.0. The van der Waals surface area contributed by atoms with Crippen molar-refractivity contribution in [3.8, 4) is 0 Å². The fourth-order valence-electron chi connectivity index (χ4n) is 7.71. The normalized spacial score (nSPS) is 14.6. The van der Waals surface area contributed by atoms with Crippen LogP contribution in [0.1, 0.15) is 232 Å². The van der Waals surface area contributed by atoms with E-state index in [0.29, 0.717) is 17.4 Å².